The first-order chi connectivity index (χ1) is 8.17. The van der Waals surface area contributed by atoms with E-state index < -0.39 is 0 Å². The van der Waals surface area contributed by atoms with E-state index in [0.717, 1.165) is 0 Å². The minimum Gasteiger partial charge on any atom is -0.489 e. The van der Waals surface area contributed by atoms with E-state index in [1.165, 1.54) is 11.8 Å². The number of nitrogens with one attached hydrogen (secondary N) is 1. The number of hydrogen-bond acceptors (Lipinski definition) is 4. The molecule has 5 heteroatoms. The van der Waals surface area contributed by atoms with Crippen molar-refractivity contribution in [2.45, 2.75) is 20.0 Å². The molecule has 0 bridgehead atoms. The topological polar surface area (TPSA) is 57.4 Å². The molecule has 1 aromatic rings. The third-order valence-corrected chi connectivity index (χ3v) is 2.39. The van der Waals surface area contributed by atoms with E-state index in [9.17, 15) is 0 Å². The SMILES string of the molecule is CSC(=Nc1ccccc1OC(C)C)NC#N. The molecule has 0 unspecified atom stereocenters. The van der Waals surface area contributed by atoms with Gasteiger partial charge in [-0.15, -0.1) is 0 Å². The summed E-state index contributed by atoms with van der Waals surface area (Å²) in [5.74, 6) is 0.716. The Morgan fingerprint density at radius 2 is 2.18 bits per heavy atom. The fourth-order valence-electron chi connectivity index (χ4n) is 1.18. The third kappa shape index (κ3) is 4.37. The molecule has 0 fully saturated rings. The first-order valence-electron chi connectivity index (χ1n) is 5.21. The van der Waals surface area contributed by atoms with Crippen LogP contribution in [0.5, 0.6) is 5.75 Å². The normalized spacial score (nSPS) is 11.1. The van der Waals surface area contributed by atoms with Gasteiger partial charge in [-0.25, -0.2) is 4.99 Å². The predicted octanol–water partition coefficient (Wildman–Crippen LogP) is 2.89. The first kappa shape index (κ1) is 13.4. The molecule has 0 amide bonds. The largest absolute Gasteiger partial charge is 0.489 e. The molecule has 1 N–H and O–H groups in total. The zero-order valence-electron chi connectivity index (χ0n) is 10.1. The number of aliphatic imine (C=N–C) groups is 1. The summed E-state index contributed by atoms with van der Waals surface area (Å²) in [7, 11) is 0. The molecule has 17 heavy (non-hydrogen) atoms. The third-order valence-electron chi connectivity index (χ3n) is 1.81. The Bertz CT molecular complexity index is 438. The number of nitriles is 1. The smallest absolute Gasteiger partial charge is 0.183 e. The van der Waals surface area contributed by atoms with Crippen LogP contribution in [0.3, 0.4) is 0 Å². The summed E-state index contributed by atoms with van der Waals surface area (Å²) < 4.78 is 5.64. The minimum atomic E-state index is 0.0907. The van der Waals surface area contributed by atoms with Crippen molar-refractivity contribution in [2.75, 3.05) is 6.26 Å². The average molecular weight is 249 g/mol. The Hall–Kier alpha value is -1.67. The van der Waals surface area contributed by atoms with Crippen molar-refractivity contribution in [1.82, 2.24) is 5.32 Å². The number of ether oxygens (including phenoxy) is 1. The summed E-state index contributed by atoms with van der Waals surface area (Å²) in [5, 5.41) is 11.6. The predicted molar refractivity (Wildman–Crippen MR) is 71.6 cm³/mol. The number of benzene rings is 1. The van der Waals surface area contributed by atoms with E-state index in [-0.39, 0.29) is 6.10 Å². The first-order valence-corrected chi connectivity index (χ1v) is 6.43. The second-order valence-electron chi connectivity index (χ2n) is 3.49. The molecule has 4 nitrogen and oxygen atoms in total. The number of para-hydroxylation sites is 2. The lowest BCUT2D eigenvalue weighted by atomic mass is 10.3. The van der Waals surface area contributed by atoms with Crippen LogP contribution >= 0.6 is 11.8 Å². The molecular weight excluding hydrogens is 234 g/mol. The van der Waals surface area contributed by atoms with Crippen molar-refractivity contribution in [1.29, 1.82) is 5.26 Å². The quantitative estimate of drug-likeness (QED) is 0.387. The highest BCUT2D eigenvalue weighted by Crippen LogP contribution is 2.28. The Morgan fingerprint density at radius 3 is 2.76 bits per heavy atom. The van der Waals surface area contributed by atoms with Gasteiger partial charge in [0.25, 0.3) is 0 Å². The van der Waals surface area contributed by atoms with Crippen LogP contribution in [0.25, 0.3) is 0 Å². The van der Waals surface area contributed by atoms with E-state index >= 15 is 0 Å². The molecule has 0 aliphatic rings. The number of nitrogens with zero attached hydrogens (tertiary/aromatic N) is 2. The van der Waals surface area contributed by atoms with Crippen LogP contribution in [0.2, 0.25) is 0 Å². The number of hydrogen-bond donors (Lipinski definition) is 1. The molecule has 0 aromatic heterocycles. The van der Waals surface area contributed by atoms with Crippen molar-refractivity contribution >= 4 is 22.6 Å². The van der Waals surface area contributed by atoms with E-state index in [2.05, 4.69) is 10.3 Å². The lowest BCUT2D eigenvalue weighted by Crippen LogP contribution is -2.12. The van der Waals surface area contributed by atoms with Gasteiger partial charge >= 0.3 is 0 Å². The van der Waals surface area contributed by atoms with Crippen LogP contribution in [-0.4, -0.2) is 17.5 Å². The Labute approximate surface area is 106 Å². The van der Waals surface area contributed by atoms with E-state index in [1.807, 2.05) is 50.6 Å². The van der Waals surface area contributed by atoms with Gasteiger partial charge in [-0.1, -0.05) is 23.9 Å². The fourth-order valence-corrected chi connectivity index (χ4v) is 1.52. The Kier molecular flexibility index (Phi) is 5.37. The van der Waals surface area contributed by atoms with Gasteiger partial charge in [-0.3, -0.25) is 5.32 Å². The summed E-state index contributed by atoms with van der Waals surface area (Å²) in [4.78, 5) is 4.34. The summed E-state index contributed by atoms with van der Waals surface area (Å²) in [6.07, 6.45) is 3.80. The number of thioether (sulfide) groups is 1. The van der Waals surface area contributed by atoms with Crippen LogP contribution in [0, 0.1) is 11.5 Å². The van der Waals surface area contributed by atoms with Crippen LogP contribution < -0.4 is 10.1 Å². The molecule has 90 valence electrons. The van der Waals surface area contributed by atoms with Crippen molar-refractivity contribution in [3.63, 3.8) is 0 Å². The highest BCUT2D eigenvalue weighted by Gasteiger charge is 2.05. The molecule has 0 radical (unpaired) electrons. The van der Waals surface area contributed by atoms with Gasteiger partial charge in [0.2, 0.25) is 0 Å². The molecule has 0 aliphatic carbocycles. The van der Waals surface area contributed by atoms with E-state index in [0.29, 0.717) is 16.6 Å². The number of amidine groups is 1. The molecule has 0 aliphatic heterocycles. The Morgan fingerprint density at radius 1 is 1.47 bits per heavy atom. The monoisotopic (exact) mass is 249 g/mol. The summed E-state index contributed by atoms with van der Waals surface area (Å²) >= 11 is 1.38. The van der Waals surface area contributed by atoms with Gasteiger partial charge in [0.15, 0.2) is 11.4 Å². The van der Waals surface area contributed by atoms with Crippen LogP contribution in [0.4, 0.5) is 5.69 Å². The second-order valence-corrected chi connectivity index (χ2v) is 4.29. The van der Waals surface area contributed by atoms with Gasteiger partial charge in [0.1, 0.15) is 11.4 Å². The van der Waals surface area contributed by atoms with Gasteiger partial charge in [-0.2, -0.15) is 5.26 Å². The van der Waals surface area contributed by atoms with Crippen LogP contribution in [0.15, 0.2) is 29.3 Å². The summed E-state index contributed by atoms with van der Waals surface area (Å²) in [6, 6.07) is 7.50. The molecule has 0 spiro atoms. The highest BCUT2D eigenvalue weighted by atomic mass is 32.2. The lowest BCUT2D eigenvalue weighted by molar-refractivity contribution is 0.243. The van der Waals surface area contributed by atoms with E-state index in [1.54, 1.807) is 0 Å². The molecule has 0 heterocycles. The zero-order valence-corrected chi connectivity index (χ0v) is 10.9. The van der Waals surface area contributed by atoms with Crippen LogP contribution in [-0.2, 0) is 0 Å². The highest BCUT2D eigenvalue weighted by molar-refractivity contribution is 8.13. The van der Waals surface area contributed by atoms with Gasteiger partial charge in [0.05, 0.1) is 6.10 Å². The fraction of sp³-hybridized carbons (Fsp3) is 0.333. The van der Waals surface area contributed by atoms with Crippen molar-refractivity contribution < 1.29 is 4.74 Å². The molecule has 1 rings (SSSR count). The summed E-state index contributed by atoms with van der Waals surface area (Å²) in [6.45, 7) is 3.92. The average Bonchev–Trinajstić information content (AvgIpc) is 2.30. The maximum atomic E-state index is 8.57. The van der Waals surface area contributed by atoms with Crippen LogP contribution in [0.1, 0.15) is 13.8 Å². The van der Waals surface area contributed by atoms with Gasteiger partial charge in [0, 0.05) is 0 Å². The second kappa shape index (κ2) is 6.81. The maximum absolute atomic E-state index is 8.57. The maximum Gasteiger partial charge on any atom is 0.183 e. The van der Waals surface area contributed by atoms with Gasteiger partial charge < -0.3 is 4.74 Å². The lowest BCUT2D eigenvalue weighted by Gasteiger charge is -2.12. The van der Waals surface area contributed by atoms with Crippen molar-refractivity contribution in [2.24, 2.45) is 4.99 Å². The number of rotatable bonds is 3. The van der Waals surface area contributed by atoms with Gasteiger partial charge in [-0.05, 0) is 32.2 Å². The Balaban J connectivity index is 3.00. The molecular formula is C12H15N3OS. The molecule has 1 aromatic carbocycles. The summed E-state index contributed by atoms with van der Waals surface area (Å²) in [5.41, 5.74) is 0.716. The molecule has 0 atom stereocenters. The van der Waals surface area contributed by atoms with Crippen molar-refractivity contribution in [3.05, 3.63) is 24.3 Å². The molecule has 0 saturated carbocycles. The van der Waals surface area contributed by atoms with Crippen molar-refractivity contribution in [3.8, 4) is 11.9 Å². The standard InChI is InChI=1S/C12H15N3OS/c1-9(2)16-11-7-5-4-6-10(11)15-12(17-3)14-8-13/h4-7,9H,1-3H3,(H,14,15). The zero-order chi connectivity index (χ0) is 12.7. The molecule has 0 saturated heterocycles. The van der Waals surface area contributed by atoms with E-state index in [4.69, 9.17) is 10.00 Å². The minimum absolute atomic E-state index is 0.0907.